The first-order valence-corrected chi connectivity index (χ1v) is 4.39. The summed E-state index contributed by atoms with van der Waals surface area (Å²) in [5.41, 5.74) is 0.976. The molecular weight excluding hydrogens is 200 g/mol. The van der Waals surface area contributed by atoms with Crippen LogP contribution in [0.25, 0.3) is 6.08 Å². The van der Waals surface area contributed by atoms with Crippen LogP contribution in [0.2, 0.25) is 5.02 Å². The van der Waals surface area contributed by atoms with Gasteiger partial charge in [0.1, 0.15) is 0 Å². The summed E-state index contributed by atoms with van der Waals surface area (Å²) in [6.45, 7) is 0. The summed E-state index contributed by atoms with van der Waals surface area (Å²) in [6.07, 6.45) is 6.01. The predicted molar refractivity (Wildman–Crippen MR) is 57.3 cm³/mol. The zero-order chi connectivity index (χ0) is 10.4. The molecule has 3 heteroatoms. The Hall–Kier alpha value is -1.54. The molecule has 0 aliphatic heterocycles. The Bertz CT molecular complexity index is 363. The molecular formula is C11H9ClO2. The highest BCUT2D eigenvalue weighted by Gasteiger charge is 1.86. The molecule has 0 heterocycles. The Kier molecular flexibility index (Phi) is 3.95. The highest BCUT2D eigenvalue weighted by molar-refractivity contribution is 6.30. The van der Waals surface area contributed by atoms with E-state index < -0.39 is 5.97 Å². The number of halogens is 1. The fraction of sp³-hybridized carbons (Fsp3) is 0. The second kappa shape index (κ2) is 5.25. The molecule has 1 aromatic carbocycles. The number of hydrogen-bond donors (Lipinski definition) is 1. The second-order valence-electron chi connectivity index (χ2n) is 2.61. The van der Waals surface area contributed by atoms with Gasteiger partial charge in [0.2, 0.25) is 0 Å². The van der Waals surface area contributed by atoms with E-state index in [0.717, 1.165) is 11.6 Å². The molecule has 0 saturated carbocycles. The molecule has 0 aliphatic rings. The molecule has 14 heavy (non-hydrogen) atoms. The summed E-state index contributed by atoms with van der Waals surface area (Å²) in [7, 11) is 0. The van der Waals surface area contributed by atoms with Crippen molar-refractivity contribution in [3.05, 3.63) is 53.1 Å². The molecule has 0 spiro atoms. The van der Waals surface area contributed by atoms with Gasteiger partial charge in [-0.25, -0.2) is 4.79 Å². The zero-order valence-electron chi connectivity index (χ0n) is 7.35. The highest BCUT2D eigenvalue weighted by Crippen LogP contribution is 2.10. The maximum atomic E-state index is 10.1. The first-order chi connectivity index (χ1) is 6.68. The molecule has 0 radical (unpaired) electrons. The number of carboxylic acid groups (broad SMARTS) is 1. The predicted octanol–water partition coefficient (Wildman–Crippen LogP) is 2.99. The van der Waals surface area contributed by atoms with Crippen molar-refractivity contribution in [2.24, 2.45) is 0 Å². The first kappa shape index (κ1) is 10.5. The van der Waals surface area contributed by atoms with E-state index in [4.69, 9.17) is 16.7 Å². The van der Waals surface area contributed by atoms with E-state index >= 15 is 0 Å². The Morgan fingerprint density at radius 1 is 1.21 bits per heavy atom. The number of carboxylic acids is 1. The van der Waals surface area contributed by atoms with Crippen molar-refractivity contribution in [2.75, 3.05) is 0 Å². The highest BCUT2D eigenvalue weighted by atomic mass is 35.5. The van der Waals surface area contributed by atoms with Crippen molar-refractivity contribution in [1.29, 1.82) is 0 Å². The minimum atomic E-state index is -0.953. The van der Waals surface area contributed by atoms with Crippen molar-refractivity contribution >= 4 is 23.6 Å². The van der Waals surface area contributed by atoms with Crippen LogP contribution in [0.15, 0.2) is 42.5 Å². The standard InChI is InChI=1S/C11H9ClO2/c12-10-7-5-9(6-8-10)3-1-2-4-11(13)14/h1-8H,(H,13,14)/b3-1-,4-2+. The van der Waals surface area contributed by atoms with Gasteiger partial charge in [-0.2, -0.15) is 0 Å². The van der Waals surface area contributed by atoms with Crippen LogP contribution >= 0.6 is 11.6 Å². The van der Waals surface area contributed by atoms with Crippen LogP contribution in [0.1, 0.15) is 5.56 Å². The van der Waals surface area contributed by atoms with Crippen LogP contribution in [-0.2, 0) is 4.79 Å². The number of hydrogen-bond acceptors (Lipinski definition) is 1. The molecule has 0 saturated heterocycles. The summed E-state index contributed by atoms with van der Waals surface area (Å²) < 4.78 is 0. The van der Waals surface area contributed by atoms with E-state index in [1.165, 1.54) is 6.08 Å². The first-order valence-electron chi connectivity index (χ1n) is 4.02. The van der Waals surface area contributed by atoms with Crippen LogP contribution in [0.4, 0.5) is 0 Å². The Balaban J connectivity index is 2.60. The normalized spacial score (nSPS) is 11.2. The minimum Gasteiger partial charge on any atom is -0.478 e. The van der Waals surface area contributed by atoms with Gasteiger partial charge in [-0.05, 0) is 17.7 Å². The molecule has 2 nitrogen and oxygen atoms in total. The van der Waals surface area contributed by atoms with Crippen LogP contribution in [0.5, 0.6) is 0 Å². The van der Waals surface area contributed by atoms with Gasteiger partial charge in [-0.15, -0.1) is 0 Å². The lowest BCUT2D eigenvalue weighted by atomic mass is 10.2. The molecule has 0 unspecified atom stereocenters. The SMILES string of the molecule is O=C(O)/C=C/C=C\c1ccc(Cl)cc1. The molecule has 0 aliphatic carbocycles. The van der Waals surface area contributed by atoms with Crippen molar-refractivity contribution in [2.45, 2.75) is 0 Å². The van der Waals surface area contributed by atoms with Gasteiger partial charge in [-0.3, -0.25) is 0 Å². The molecule has 1 rings (SSSR count). The van der Waals surface area contributed by atoms with Crippen LogP contribution in [0, 0.1) is 0 Å². The molecule has 72 valence electrons. The average molecular weight is 209 g/mol. The quantitative estimate of drug-likeness (QED) is 0.613. The smallest absolute Gasteiger partial charge is 0.328 e. The topological polar surface area (TPSA) is 37.3 Å². The fourth-order valence-corrected chi connectivity index (χ4v) is 1.00. The molecule has 0 fully saturated rings. The third-order valence-electron chi connectivity index (χ3n) is 1.51. The summed E-state index contributed by atoms with van der Waals surface area (Å²) in [6, 6.07) is 7.27. The lowest BCUT2D eigenvalue weighted by Crippen LogP contribution is -1.84. The Morgan fingerprint density at radius 2 is 1.86 bits per heavy atom. The number of allylic oxidation sites excluding steroid dienone is 2. The molecule has 1 aromatic rings. The summed E-state index contributed by atoms with van der Waals surface area (Å²) in [4.78, 5) is 10.1. The molecule has 0 atom stereocenters. The van der Waals surface area contributed by atoms with Gasteiger partial charge in [0.25, 0.3) is 0 Å². The van der Waals surface area contributed by atoms with E-state index in [1.807, 2.05) is 12.1 Å². The largest absolute Gasteiger partial charge is 0.478 e. The van der Waals surface area contributed by atoms with E-state index in [9.17, 15) is 4.79 Å². The fourth-order valence-electron chi connectivity index (χ4n) is 0.878. The van der Waals surface area contributed by atoms with Gasteiger partial charge >= 0.3 is 5.97 Å². The minimum absolute atomic E-state index is 0.684. The van der Waals surface area contributed by atoms with E-state index in [-0.39, 0.29) is 0 Å². The van der Waals surface area contributed by atoms with Gasteiger partial charge in [0.15, 0.2) is 0 Å². The van der Waals surface area contributed by atoms with Crippen molar-refractivity contribution in [3.63, 3.8) is 0 Å². The number of carbonyl (C=O) groups is 1. The van der Waals surface area contributed by atoms with Crippen LogP contribution < -0.4 is 0 Å². The maximum absolute atomic E-state index is 10.1. The number of benzene rings is 1. The maximum Gasteiger partial charge on any atom is 0.328 e. The lowest BCUT2D eigenvalue weighted by molar-refractivity contribution is -0.131. The van der Waals surface area contributed by atoms with Gasteiger partial charge in [0, 0.05) is 11.1 Å². The van der Waals surface area contributed by atoms with Crippen LogP contribution in [0.3, 0.4) is 0 Å². The van der Waals surface area contributed by atoms with Gasteiger partial charge < -0.3 is 5.11 Å². The summed E-state index contributed by atoms with van der Waals surface area (Å²) in [5.74, 6) is -0.953. The number of rotatable bonds is 3. The third kappa shape index (κ3) is 3.92. The lowest BCUT2D eigenvalue weighted by Gasteiger charge is -1.91. The molecule has 0 bridgehead atoms. The number of aliphatic carboxylic acids is 1. The third-order valence-corrected chi connectivity index (χ3v) is 1.76. The van der Waals surface area contributed by atoms with Crippen molar-refractivity contribution in [1.82, 2.24) is 0 Å². The summed E-state index contributed by atoms with van der Waals surface area (Å²) in [5, 5.41) is 8.99. The second-order valence-corrected chi connectivity index (χ2v) is 3.04. The molecule has 1 N–H and O–H groups in total. The van der Waals surface area contributed by atoms with Gasteiger partial charge in [0.05, 0.1) is 0 Å². The van der Waals surface area contributed by atoms with Crippen molar-refractivity contribution in [3.8, 4) is 0 Å². The zero-order valence-corrected chi connectivity index (χ0v) is 8.11. The average Bonchev–Trinajstić information content (AvgIpc) is 2.15. The van der Waals surface area contributed by atoms with Gasteiger partial charge in [-0.1, -0.05) is 42.0 Å². The van der Waals surface area contributed by atoms with Crippen LogP contribution in [-0.4, -0.2) is 11.1 Å². The molecule has 0 amide bonds. The van der Waals surface area contributed by atoms with E-state index in [1.54, 1.807) is 24.3 Å². The molecule has 0 aromatic heterocycles. The Morgan fingerprint density at radius 3 is 2.43 bits per heavy atom. The monoisotopic (exact) mass is 208 g/mol. The Labute approximate surface area is 87.1 Å². The van der Waals surface area contributed by atoms with Crippen molar-refractivity contribution < 1.29 is 9.90 Å². The summed E-state index contributed by atoms with van der Waals surface area (Å²) >= 11 is 5.70. The van der Waals surface area contributed by atoms with E-state index in [0.29, 0.717) is 5.02 Å². The van der Waals surface area contributed by atoms with E-state index in [2.05, 4.69) is 0 Å².